The number of aromatic nitrogens is 3. The van der Waals surface area contributed by atoms with Gasteiger partial charge >= 0.3 is 0 Å². The van der Waals surface area contributed by atoms with E-state index in [2.05, 4.69) is 25.2 Å². The predicted octanol–water partition coefficient (Wildman–Crippen LogP) is 2.17. The van der Waals surface area contributed by atoms with Crippen LogP contribution in [0.3, 0.4) is 0 Å². The van der Waals surface area contributed by atoms with Gasteiger partial charge in [-0.1, -0.05) is 11.6 Å². The molecule has 30 heavy (non-hydrogen) atoms. The zero-order valence-electron chi connectivity index (χ0n) is 17.4. The number of rotatable bonds is 5. The Labute approximate surface area is 178 Å². The summed E-state index contributed by atoms with van der Waals surface area (Å²) in [5.74, 6) is -0.118. The molecule has 1 amide bonds. The molecular formula is C21H24ClN5O3. The molecule has 2 bridgehead atoms. The van der Waals surface area contributed by atoms with Gasteiger partial charge in [0.05, 0.1) is 17.4 Å². The molecule has 9 heteroatoms. The number of nitrogens with one attached hydrogen (secondary N) is 2. The maximum atomic E-state index is 13.0. The van der Waals surface area contributed by atoms with Crippen LogP contribution < -0.4 is 10.6 Å². The average Bonchev–Trinajstić information content (AvgIpc) is 3.11. The van der Waals surface area contributed by atoms with Gasteiger partial charge in [-0.2, -0.15) is 0 Å². The molecule has 6 atom stereocenters. The summed E-state index contributed by atoms with van der Waals surface area (Å²) in [6.45, 7) is 7.39. The van der Waals surface area contributed by atoms with E-state index in [1.807, 2.05) is 27.1 Å². The Morgan fingerprint density at radius 3 is 2.93 bits per heavy atom. The van der Waals surface area contributed by atoms with Gasteiger partial charge in [0.15, 0.2) is 11.4 Å². The highest BCUT2D eigenvalue weighted by Gasteiger charge is 3.26. The number of amides is 1. The van der Waals surface area contributed by atoms with Crippen LogP contribution in [0, 0.1) is 22.7 Å². The summed E-state index contributed by atoms with van der Waals surface area (Å²) in [7, 11) is 1.71. The van der Waals surface area contributed by atoms with Gasteiger partial charge in [-0.05, 0) is 33.1 Å². The maximum absolute atomic E-state index is 13.0. The fourth-order valence-electron chi connectivity index (χ4n) is 8.36. The van der Waals surface area contributed by atoms with Crippen LogP contribution in [0.25, 0.3) is 11.2 Å². The first-order valence-electron chi connectivity index (χ1n) is 10.6. The summed E-state index contributed by atoms with van der Waals surface area (Å²) in [5.41, 5.74) is 1.18. The van der Waals surface area contributed by atoms with Crippen molar-refractivity contribution < 1.29 is 14.3 Å². The van der Waals surface area contributed by atoms with E-state index in [1.165, 1.54) is 0 Å². The normalized spacial score (nSPS) is 45.0. The average molecular weight is 430 g/mol. The lowest BCUT2D eigenvalue weighted by Crippen LogP contribution is -2.82. The molecule has 8 nitrogen and oxygen atoms in total. The second-order valence-corrected chi connectivity index (χ2v) is 10.3. The first-order valence-corrected chi connectivity index (χ1v) is 11.0. The molecule has 2 N–H and O–H groups in total. The number of hydrogen-bond donors (Lipinski definition) is 2. The zero-order chi connectivity index (χ0) is 20.9. The molecule has 2 aromatic heterocycles. The van der Waals surface area contributed by atoms with Gasteiger partial charge in [0, 0.05) is 37.5 Å². The minimum Gasteiger partial charge on any atom is -0.383 e. The Hall–Kier alpha value is -1.90. The second kappa shape index (κ2) is 4.64. The van der Waals surface area contributed by atoms with Crippen LogP contribution in [0.1, 0.15) is 27.2 Å². The Balaban J connectivity index is 1.30. The van der Waals surface area contributed by atoms with E-state index in [0.717, 1.165) is 29.8 Å². The largest absolute Gasteiger partial charge is 0.383 e. The monoisotopic (exact) mass is 429 g/mol. The van der Waals surface area contributed by atoms with Crippen molar-refractivity contribution in [3.8, 4) is 0 Å². The molecule has 8 rings (SSSR count). The number of carbonyl (C=O) groups is 1. The summed E-state index contributed by atoms with van der Waals surface area (Å²) in [6.07, 6.45) is 2.69. The SMILES string of the molecule is CCNc1cc(Cl)nc2c1ncn2C[C@@H]1C2C34C[C@@]2(C(=O)NC)[C@@]32OC(C)(C)O[C@@]142. The molecule has 5 saturated carbocycles. The number of hydrogen-bond acceptors (Lipinski definition) is 6. The molecule has 1 saturated heterocycles. The number of imidazole rings is 1. The van der Waals surface area contributed by atoms with Gasteiger partial charge in [0.1, 0.15) is 21.9 Å². The summed E-state index contributed by atoms with van der Waals surface area (Å²) in [4.78, 5) is 22.1. The van der Waals surface area contributed by atoms with Gasteiger partial charge in [0.2, 0.25) is 5.91 Å². The standard InChI is InChI=1S/C21H24ClN5O3/c1-5-24-11-6-12(22)26-15-13(11)25-9-27(15)7-10-14-18(16(28)23-4)8-19(14)20(10)21(18,19)30-17(2,3)29-20/h6,9-10,14H,5,7-8H2,1-4H3,(H,23,28)(H,24,26)/t10-,14?,18-,19?,20+,21-/m1/s1. The number of fused-ring (bicyclic) bond motifs is 1. The molecule has 2 aromatic rings. The number of carbonyl (C=O) groups excluding carboxylic acids is 1. The maximum Gasteiger partial charge on any atom is 0.229 e. The molecular weight excluding hydrogens is 406 g/mol. The number of halogens is 1. The van der Waals surface area contributed by atoms with E-state index >= 15 is 0 Å². The minimum atomic E-state index is -0.677. The number of anilines is 1. The fourth-order valence-corrected chi connectivity index (χ4v) is 8.55. The lowest BCUT2D eigenvalue weighted by molar-refractivity contribution is -0.402. The Kier molecular flexibility index (Phi) is 2.74. The van der Waals surface area contributed by atoms with Crippen molar-refractivity contribution in [1.29, 1.82) is 0 Å². The van der Waals surface area contributed by atoms with Crippen LogP contribution in [0.15, 0.2) is 12.4 Å². The van der Waals surface area contributed by atoms with Crippen LogP contribution in [0.2, 0.25) is 5.15 Å². The summed E-state index contributed by atoms with van der Waals surface area (Å²) >= 11 is 6.29. The van der Waals surface area contributed by atoms with Crippen molar-refractivity contribution in [2.24, 2.45) is 22.7 Å². The highest BCUT2D eigenvalue weighted by atomic mass is 35.5. The molecule has 0 radical (unpaired) electrons. The minimum absolute atomic E-state index is 0.0308. The molecule has 3 heterocycles. The second-order valence-electron chi connectivity index (χ2n) is 9.90. The molecule has 6 fully saturated rings. The molecule has 1 aliphatic heterocycles. The first-order chi connectivity index (χ1) is 14.3. The molecule has 5 aliphatic carbocycles. The van der Waals surface area contributed by atoms with Gasteiger partial charge in [-0.15, -0.1) is 0 Å². The van der Waals surface area contributed by atoms with Crippen LogP contribution in [-0.4, -0.2) is 51.0 Å². The number of ether oxygens (including phenoxy) is 2. The third-order valence-electron chi connectivity index (χ3n) is 8.66. The lowest BCUT2D eigenvalue weighted by atomic mass is 9.30. The van der Waals surface area contributed by atoms with E-state index < -0.39 is 16.8 Å². The highest BCUT2D eigenvalue weighted by Crippen LogP contribution is 3.14. The van der Waals surface area contributed by atoms with Crippen LogP contribution >= 0.6 is 11.6 Å². The molecule has 158 valence electrons. The highest BCUT2D eigenvalue weighted by molar-refractivity contribution is 6.30. The van der Waals surface area contributed by atoms with Gasteiger partial charge in [0.25, 0.3) is 0 Å². The Bertz CT molecular complexity index is 1180. The van der Waals surface area contributed by atoms with Gasteiger partial charge in [-0.3, -0.25) is 4.79 Å². The zero-order valence-corrected chi connectivity index (χ0v) is 18.1. The quantitative estimate of drug-likeness (QED) is 0.708. The van der Waals surface area contributed by atoms with E-state index in [0.29, 0.717) is 11.7 Å². The van der Waals surface area contributed by atoms with E-state index in [1.54, 1.807) is 13.1 Å². The molecule has 0 aromatic carbocycles. The summed E-state index contributed by atoms with van der Waals surface area (Å²) < 4.78 is 15.1. The molecule has 6 aliphatic rings. The fraction of sp³-hybridized carbons (Fsp3) is 0.667. The third kappa shape index (κ3) is 1.31. The Morgan fingerprint density at radius 2 is 2.20 bits per heavy atom. The smallest absolute Gasteiger partial charge is 0.229 e. The molecule has 3 spiro atoms. The first kappa shape index (κ1) is 17.7. The van der Waals surface area contributed by atoms with Crippen molar-refractivity contribution in [2.45, 2.75) is 50.7 Å². The number of nitrogens with zero attached hydrogens (tertiary/aromatic N) is 3. The van der Waals surface area contributed by atoms with Crippen LogP contribution in [0.4, 0.5) is 5.69 Å². The summed E-state index contributed by atoms with van der Waals surface area (Å²) in [6, 6.07) is 1.81. The van der Waals surface area contributed by atoms with E-state index in [-0.39, 0.29) is 28.8 Å². The van der Waals surface area contributed by atoms with Crippen LogP contribution in [0.5, 0.6) is 0 Å². The predicted molar refractivity (Wildman–Crippen MR) is 109 cm³/mol. The molecule has 2 unspecified atom stereocenters. The van der Waals surface area contributed by atoms with Crippen molar-refractivity contribution in [3.05, 3.63) is 17.5 Å². The van der Waals surface area contributed by atoms with Crippen molar-refractivity contribution >= 4 is 34.4 Å². The lowest BCUT2D eigenvalue weighted by Gasteiger charge is -2.74. The van der Waals surface area contributed by atoms with Crippen molar-refractivity contribution in [1.82, 2.24) is 19.9 Å². The number of pyridine rings is 1. The van der Waals surface area contributed by atoms with Crippen molar-refractivity contribution in [3.63, 3.8) is 0 Å². The van der Waals surface area contributed by atoms with Crippen LogP contribution in [-0.2, 0) is 20.8 Å². The summed E-state index contributed by atoms with van der Waals surface area (Å²) in [5, 5.41) is 6.64. The van der Waals surface area contributed by atoms with E-state index in [9.17, 15) is 4.79 Å². The third-order valence-corrected chi connectivity index (χ3v) is 8.86. The van der Waals surface area contributed by atoms with Gasteiger partial charge in [-0.25, -0.2) is 9.97 Å². The van der Waals surface area contributed by atoms with E-state index in [4.69, 9.17) is 21.1 Å². The van der Waals surface area contributed by atoms with Gasteiger partial charge < -0.3 is 24.7 Å². The topological polar surface area (TPSA) is 90.3 Å². The van der Waals surface area contributed by atoms with Crippen molar-refractivity contribution in [2.75, 3.05) is 18.9 Å². The Morgan fingerprint density at radius 1 is 1.40 bits per heavy atom.